The van der Waals surface area contributed by atoms with E-state index in [2.05, 4.69) is 0 Å². The summed E-state index contributed by atoms with van der Waals surface area (Å²) in [5.74, 6) is 0. The maximum Gasteiger partial charge on any atom is 0.295 e. The summed E-state index contributed by atoms with van der Waals surface area (Å²) in [6, 6.07) is 11.3. The second-order valence-electron chi connectivity index (χ2n) is 5.94. The Hall–Kier alpha value is -2.86. The molecule has 11 heteroatoms. The summed E-state index contributed by atoms with van der Waals surface area (Å²) >= 11 is 0. The van der Waals surface area contributed by atoms with Crippen LogP contribution < -0.4 is 17.2 Å². The predicted octanol–water partition coefficient (Wildman–Crippen LogP) is 2.07. The van der Waals surface area contributed by atoms with E-state index >= 15 is 0 Å². The lowest BCUT2D eigenvalue weighted by Crippen LogP contribution is -2.04. The van der Waals surface area contributed by atoms with E-state index in [9.17, 15) is 16.8 Å². The quantitative estimate of drug-likeness (QED) is 0.302. The van der Waals surface area contributed by atoms with Crippen molar-refractivity contribution in [3.63, 3.8) is 0 Å². The van der Waals surface area contributed by atoms with Gasteiger partial charge in [0, 0.05) is 27.8 Å². The number of fused-ring (bicyclic) bond motifs is 1. The molecule has 0 aliphatic rings. The molecule has 3 rings (SSSR count). The van der Waals surface area contributed by atoms with E-state index in [4.69, 9.17) is 26.3 Å². The van der Waals surface area contributed by atoms with Gasteiger partial charge in [-0.05, 0) is 48.9 Å². The number of rotatable bonds is 2. The fraction of sp³-hybridized carbons (Fsp3) is 0.0588. The molecule has 0 fully saturated rings. The molecule has 8 N–H and O–H groups in total. The minimum absolute atomic E-state index is 0.0492. The second kappa shape index (κ2) is 7.64. The summed E-state index contributed by atoms with van der Waals surface area (Å²) in [4.78, 5) is -1.00. The van der Waals surface area contributed by atoms with Crippen molar-refractivity contribution in [2.24, 2.45) is 0 Å². The van der Waals surface area contributed by atoms with E-state index < -0.39 is 30.0 Å². The third-order valence-electron chi connectivity index (χ3n) is 3.79. The number of nitrogen functional groups attached to an aromatic ring is 3. The van der Waals surface area contributed by atoms with Crippen LogP contribution in [0.15, 0.2) is 58.3 Å². The Balaban J connectivity index is 0.000000261. The molecular formula is C17H19N3O6S2. The van der Waals surface area contributed by atoms with E-state index in [0.29, 0.717) is 0 Å². The van der Waals surface area contributed by atoms with Crippen molar-refractivity contribution < 1.29 is 25.9 Å². The second-order valence-corrected chi connectivity index (χ2v) is 8.72. The first-order valence-corrected chi connectivity index (χ1v) is 10.6. The fourth-order valence-corrected chi connectivity index (χ4v) is 3.92. The average Bonchev–Trinajstić information content (AvgIpc) is 2.56. The van der Waals surface area contributed by atoms with Gasteiger partial charge in [0.25, 0.3) is 20.2 Å². The van der Waals surface area contributed by atoms with Gasteiger partial charge in [-0.25, -0.2) is 0 Å². The number of aryl methyl sites for hydroxylation is 1. The van der Waals surface area contributed by atoms with E-state index in [1.807, 2.05) is 19.1 Å². The summed E-state index contributed by atoms with van der Waals surface area (Å²) < 4.78 is 63.1. The zero-order chi connectivity index (χ0) is 21.3. The Morgan fingerprint density at radius 1 is 0.714 bits per heavy atom. The van der Waals surface area contributed by atoms with Crippen LogP contribution >= 0.6 is 0 Å². The van der Waals surface area contributed by atoms with Gasteiger partial charge in [0.15, 0.2) is 0 Å². The third-order valence-corrected chi connectivity index (χ3v) is 5.60. The van der Waals surface area contributed by atoms with Crippen LogP contribution in [0, 0.1) is 6.92 Å². The smallest absolute Gasteiger partial charge is 0.295 e. The Kier molecular flexibility index (Phi) is 5.85. The highest BCUT2D eigenvalue weighted by atomic mass is 32.2. The lowest BCUT2D eigenvalue weighted by atomic mass is 10.1. The first-order chi connectivity index (χ1) is 12.8. The number of anilines is 3. The molecule has 0 unspecified atom stereocenters. The summed E-state index contributed by atoms with van der Waals surface area (Å²) in [6.45, 7) is 1.94. The Bertz CT molecular complexity index is 1260. The highest BCUT2D eigenvalue weighted by Gasteiger charge is 2.20. The number of nitrogens with two attached hydrogens (primary N) is 3. The lowest BCUT2D eigenvalue weighted by molar-refractivity contribution is 0.481. The molecule has 0 amide bonds. The number of benzene rings is 3. The lowest BCUT2D eigenvalue weighted by Gasteiger charge is -2.08. The van der Waals surface area contributed by atoms with Gasteiger partial charge in [0.1, 0.15) is 9.79 Å². The molecule has 0 heterocycles. The SMILES string of the molecule is Cc1cc(N)ccc1N.Nc1cc(S(=O)(=O)O)c2cccc(S(=O)(=O)O)c2c1. The Morgan fingerprint density at radius 2 is 1.32 bits per heavy atom. The van der Waals surface area contributed by atoms with E-state index in [1.165, 1.54) is 18.2 Å². The monoisotopic (exact) mass is 425 g/mol. The van der Waals surface area contributed by atoms with Gasteiger partial charge in [0.05, 0.1) is 0 Å². The van der Waals surface area contributed by atoms with Crippen molar-refractivity contribution in [1.82, 2.24) is 0 Å². The zero-order valence-electron chi connectivity index (χ0n) is 14.7. The molecule has 0 radical (unpaired) electrons. The standard InChI is InChI=1S/C10H9NO6S2.C7H10N2/c11-6-4-8-7(10(5-6)19(15,16)17)2-1-3-9(8)18(12,13)14;1-5-4-6(8)2-3-7(5)9/h1-5H,11H2,(H,12,13,14)(H,15,16,17);2-4H,8-9H2,1H3. The van der Waals surface area contributed by atoms with Gasteiger partial charge in [0.2, 0.25) is 0 Å². The molecule has 0 aliphatic heterocycles. The largest absolute Gasteiger partial charge is 0.399 e. The van der Waals surface area contributed by atoms with E-state index in [-0.39, 0.29) is 16.5 Å². The van der Waals surface area contributed by atoms with Gasteiger partial charge in [-0.1, -0.05) is 12.1 Å². The summed E-state index contributed by atoms with van der Waals surface area (Å²) in [5.41, 5.74) is 19.0. The van der Waals surface area contributed by atoms with Crippen LogP contribution in [0.3, 0.4) is 0 Å². The first-order valence-electron chi connectivity index (χ1n) is 7.69. The molecule has 150 valence electrons. The Morgan fingerprint density at radius 3 is 1.82 bits per heavy atom. The molecule has 0 saturated heterocycles. The minimum Gasteiger partial charge on any atom is -0.399 e. The first kappa shape index (κ1) is 21.4. The van der Waals surface area contributed by atoms with E-state index in [1.54, 1.807) is 6.07 Å². The van der Waals surface area contributed by atoms with Crippen molar-refractivity contribution in [3.8, 4) is 0 Å². The topological polar surface area (TPSA) is 187 Å². The number of hydrogen-bond donors (Lipinski definition) is 5. The highest BCUT2D eigenvalue weighted by Crippen LogP contribution is 2.30. The van der Waals surface area contributed by atoms with Crippen LogP contribution in [0.1, 0.15) is 5.56 Å². The van der Waals surface area contributed by atoms with Crippen LogP contribution in [0.25, 0.3) is 10.8 Å². The number of hydrogen-bond acceptors (Lipinski definition) is 7. The maximum atomic E-state index is 11.2. The Labute approximate surface area is 162 Å². The molecule has 3 aromatic carbocycles. The highest BCUT2D eigenvalue weighted by molar-refractivity contribution is 7.86. The molecule has 3 aromatic rings. The van der Waals surface area contributed by atoms with Crippen molar-refractivity contribution in [1.29, 1.82) is 0 Å². The molecule has 0 atom stereocenters. The summed E-state index contributed by atoms with van der Waals surface area (Å²) in [6.07, 6.45) is 0. The predicted molar refractivity (Wildman–Crippen MR) is 108 cm³/mol. The molecule has 28 heavy (non-hydrogen) atoms. The third kappa shape index (κ3) is 4.89. The molecule has 9 nitrogen and oxygen atoms in total. The van der Waals surface area contributed by atoms with E-state index in [0.717, 1.165) is 29.1 Å². The van der Waals surface area contributed by atoms with Crippen molar-refractivity contribution in [3.05, 3.63) is 54.1 Å². The van der Waals surface area contributed by atoms with Gasteiger partial charge in [-0.3, -0.25) is 9.11 Å². The summed E-state index contributed by atoms with van der Waals surface area (Å²) in [5, 5.41) is -0.135. The minimum atomic E-state index is -4.57. The van der Waals surface area contributed by atoms with Crippen molar-refractivity contribution >= 4 is 48.1 Å². The van der Waals surface area contributed by atoms with Crippen LogP contribution in [0.2, 0.25) is 0 Å². The maximum absolute atomic E-state index is 11.2. The van der Waals surface area contributed by atoms with Crippen LogP contribution in [0.5, 0.6) is 0 Å². The summed E-state index contributed by atoms with van der Waals surface area (Å²) in [7, 11) is -9.11. The molecule has 0 saturated carbocycles. The van der Waals surface area contributed by atoms with Crippen LogP contribution in [-0.2, 0) is 20.2 Å². The molecule has 0 aromatic heterocycles. The zero-order valence-corrected chi connectivity index (χ0v) is 16.3. The molecule has 0 spiro atoms. The van der Waals surface area contributed by atoms with Crippen molar-refractivity contribution in [2.45, 2.75) is 16.7 Å². The van der Waals surface area contributed by atoms with Crippen LogP contribution in [-0.4, -0.2) is 25.9 Å². The van der Waals surface area contributed by atoms with Crippen molar-refractivity contribution in [2.75, 3.05) is 17.2 Å². The van der Waals surface area contributed by atoms with Gasteiger partial charge in [-0.15, -0.1) is 0 Å². The van der Waals surface area contributed by atoms with Gasteiger partial charge in [-0.2, -0.15) is 16.8 Å². The molecular weight excluding hydrogens is 406 g/mol. The van der Waals surface area contributed by atoms with Crippen LogP contribution in [0.4, 0.5) is 17.1 Å². The van der Waals surface area contributed by atoms with Gasteiger partial charge < -0.3 is 17.2 Å². The normalized spacial score (nSPS) is 11.7. The molecule has 0 aliphatic carbocycles. The fourth-order valence-electron chi connectivity index (χ4n) is 2.48. The average molecular weight is 425 g/mol. The molecule has 0 bridgehead atoms. The van der Waals surface area contributed by atoms with Gasteiger partial charge >= 0.3 is 0 Å².